The van der Waals surface area contributed by atoms with E-state index in [2.05, 4.69) is 15.0 Å². The lowest BCUT2D eigenvalue weighted by molar-refractivity contribution is -0.117. The number of anilines is 1. The number of hydrogen-bond acceptors (Lipinski definition) is 7. The average molecular weight is 347 g/mol. The number of nitrogens with zero attached hydrogens (tertiary/aromatic N) is 2. The zero-order chi connectivity index (χ0) is 17.6. The second-order valence-corrected chi connectivity index (χ2v) is 5.22. The first-order valence-corrected chi connectivity index (χ1v) is 7.55. The quantitative estimate of drug-likeness (QED) is 0.801. The van der Waals surface area contributed by atoms with Gasteiger partial charge in [-0.25, -0.2) is 0 Å². The van der Waals surface area contributed by atoms with Crippen molar-refractivity contribution in [2.75, 3.05) is 38.9 Å². The van der Waals surface area contributed by atoms with E-state index in [1.165, 1.54) is 24.3 Å². The Hall–Kier alpha value is -3.07. The third-order valence-corrected chi connectivity index (χ3v) is 3.51. The zero-order valence-corrected chi connectivity index (χ0v) is 13.6. The number of carbonyl (C=O) groups is 2. The van der Waals surface area contributed by atoms with E-state index in [9.17, 15) is 9.59 Å². The molecule has 1 aliphatic rings. The topological polar surface area (TPSA) is 103 Å². The predicted molar refractivity (Wildman–Crippen MR) is 85.5 cm³/mol. The Balaban J connectivity index is 1.70. The van der Waals surface area contributed by atoms with Gasteiger partial charge in [0, 0.05) is 25.3 Å². The predicted octanol–water partition coefficient (Wildman–Crippen LogP) is 1.13. The fourth-order valence-electron chi connectivity index (χ4n) is 2.30. The van der Waals surface area contributed by atoms with Gasteiger partial charge >= 0.3 is 0 Å². The summed E-state index contributed by atoms with van der Waals surface area (Å²) in [4.78, 5) is 26.3. The summed E-state index contributed by atoms with van der Waals surface area (Å²) in [5, 5.41) is 6.16. The van der Waals surface area contributed by atoms with Crippen LogP contribution in [0.25, 0.3) is 0 Å². The molecule has 0 aliphatic carbocycles. The molecule has 9 heteroatoms. The minimum absolute atomic E-state index is 0.125. The number of nitrogens with one attached hydrogen (secondary N) is 1. The van der Waals surface area contributed by atoms with Gasteiger partial charge in [0.2, 0.25) is 12.7 Å². The van der Waals surface area contributed by atoms with Gasteiger partial charge in [0.1, 0.15) is 12.8 Å². The highest BCUT2D eigenvalue weighted by atomic mass is 16.7. The summed E-state index contributed by atoms with van der Waals surface area (Å²) in [7, 11) is 1.53. The maximum absolute atomic E-state index is 12.7. The smallest absolute Gasteiger partial charge is 0.254 e. The molecule has 1 N–H and O–H groups in total. The van der Waals surface area contributed by atoms with Crippen molar-refractivity contribution in [2.45, 2.75) is 0 Å². The summed E-state index contributed by atoms with van der Waals surface area (Å²) in [5.74, 6) is 0.672. The first kappa shape index (κ1) is 16.8. The van der Waals surface area contributed by atoms with Crippen molar-refractivity contribution in [3.63, 3.8) is 0 Å². The van der Waals surface area contributed by atoms with Crippen molar-refractivity contribution in [3.05, 3.63) is 36.1 Å². The van der Waals surface area contributed by atoms with Gasteiger partial charge < -0.3 is 29.0 Å². The summed E-state index contributed by atoms with van der Waals surface area (Å²) >= 11 is 0. The van der Waals surface area contributed by atoms with Gasteiger partial charge in [0.25, 0.3) is 5.91 Å². The van der Waals surface area contributed by atoms with E-state index in [0.29, 0.717) is 23.7 Å². The van der Waals surface area contributed by atoms with Gasteiger partial charge in [-0.3, -0.25) is 9.59 Å². The lowest BCUT2D eigenvalue weighted by atomic mass is 10.1. The fraction of sp³-hybridized carbons (Fsp3) is 0.312. The molecule has 0 radical (unpaired) electrons. The molecule has 0 saturated heterocycles. The molecule has 2 aromatic rings. The molecule has 3 rings (SSSR count). The van der Waals surface area contributed by atoms with Crippen LogP contribution in [0.2, 0.25) is 0 Å². The van der Waals surface area contributed by atoms with Crippen molar-refractivity contribution in [2.24, 2.45) is 0 Å². The van der Waals surface area contributed by atoms with Crippen molar-refractivity contribution in [1.29, 1.82) is 0 Å². The first-order valence-electron chi connectivity index (χ1n) is 7.55. The van der Waals surface area contributed by atoms with Crippen LogP contribution in [0.1, 0.15) is 10.4 Å². The number of carbonyl (C=O) groups excluding carboxylic acids is 2. The van der Waals surface area contributed by atoms with Crippen LogP contribution < -0.4 is 14.8 Å². The van der Waals surface area contributed by atoms with Crippen molar-refractivity contribution >= 4 is 17.6 Å². The number of aromatic nitrogens is 1. The number of ether oxygens (including phenoxy) is 3. The van der Waals surface area contributed by atoms with Crippen LogP contribution >= 0.6 is 0 Å². The maximum atomic E-state index is 12.7. The van der Waals surface area contributed by atoms with Crippen LogP contribution in [0.5, 0.6) is 11.5 Å². The Morgan fingerprint density at radius 1 is 1.28 bits per heavy atom. The van der Waals surface area contributed by atoms with E-state index >= 15 is 0 Å². The monoisotopic (exact) mass is 347 g/mol. The van der Waals surface area contributed by atoms with Gasteiger partial charge in [0.05, 0.1) is 6.61 Å². The highest BCUT2D eigenvalue weighted by molar-refractivity contribution is 5.99. The molecule has 2 amide bonds. The van der Waals surface area contributed by atoms with Gasteiger partial charge in [-0.05, 0) is 18.2 Å². The molecule has 2 heterocycles. The summed E-state index contributed by atoms with van der Waals surface area (Å²) in [6.45, 7) is 0.535. The van der Waals surface area contributed by atoms with Crippen LogP contribution in [0.15, 0.2) is 35.1 Å². The Bertz CT molecular complexity index is 746. The Morgan fingerprint density at radius 2 is 2.12 bits per heavy atom. The molecule has 1 aromatic carbocycles. The van der Waals surface area contributed by atoms with E-state index in [0.717, 1.165) is 0 Å². The number of benzene rings is 1. The number of amides is 2. The highest BCUT2D eigenvalue weighted by Crippen LogP contribution is 2.32. The number of fused-ring (bicyclic) bond motifs is 1. The van der Waals surface area contributed by atoms with Crippen LogP contribution in [0.3, 0.4) is 0 Å². The van der Waals surface area contributed by atoms with Crippen LogP contribution in [-0.4, -0.2) is 55.5 Å². The second-order valence-electron chi connectivity index (χ2n) is 5.22. The second kappa shape index (κ2) is 7.67. The zero-order valence-electron chi connectivity index (χ0n) is 13.6. The summed E-state index contributed by atoms with van der Waals surface area (Å²) in [5.41, 5.74) is 0.398. The minimum atomic E-state index is -0.390. The molecule has 9 nitrogen and oxygen atoms in total. The lowest BCUT2D eigenvalue weighted by Gasteiger charge is -2.21. The Labute approximate surface area is 143 Å². The molecule has 0 unspecified atom stereocenters. The van der Waals surface area contributed by atoms with Crippen molar-refractivity contribution in [1.82, 2.24) is 10.1 Å². The molecule has 0 spiro atoms. The molecular weight excluding hydrogens is 330 g/mol. The minimum Gasteiger partial charge on any atom is -0.454 e. The Kier molecular flexibility index (Phi) is 5.14. The normalized spacial score (nSPS) is 12.0. The summed E-state index contributed by atoms with van der Waals surface area (Å²) in [6.07, 6.45) is 1.34. The average Bonchev–Trinajstić information content (AvgIpc) is 3.28. The van der Waals surface area contributed by atoms with Gasteiger partial charge in [-0.15, -0.1) is 0 Å². The third-order valence-electron chi connectivity index (χ3n) is 3.51. The summed E-state index contributed by atoms with van der Waals surface area (Å²) < 4.78 is 20.2. The molecule has 1 aromatic heterocycles. The summed E-state index contributed by atoms with van der Waals surface area (Å²) in [6, 6.07) is 6.40. The van der Waals surface area contributed by atoms with E-state index < -0.39 is 0 Å². The standard InChI is InChI=1S/C16H17N3O6/c1-22-7-5-19(9-15(20)17-14-4-6-25-18-14)16(21)11-2-3-12-13(8-11)24-10-23-12/h2-4,6,8H,5,7,9-10H2,1H3,(H,17,18,20). The van der Waals surface area contributed by atoms with Crippen molar-refractivity contribution < 1.29 is 28.3 Å². The molecule has 0 bridgehead atoms. The van der Waals surface area contributed by atoms with Gasteiger partial charge in [-0.1, -0.05) is 5.16 Å². The van der Waals surface area contributed by atoms with Crippen LogP contribution in [0, 0.1) is 0 Å². The maximum Gasteiger partial charge on any atom is 0.254 e. The first-order chi connectivity index (χ1) is 12.2. The van der Waals surface area contributed by atoms with E-state index in [4.69, 9.17) is 14.2 Å². The van der Waals surface area contributed by atoms with Crippen LogP contribution in [0.4, 0.5) is 5.82 Å². The molecule has 132 valence electrons. The SMILES string of the molecule is COCCN(CC(=O)Nc1ccon1)C(=O)c1ccc2c(c1)OCO2. The van der Waals surface area contributed by atoms with E-state index in [1.807, 2.05) is 0 Å². The number of methoxy groups -OCH3 is 1. The highest BCUT2D eigenvalue weighted by Gasteiger charge is 2.22. The Morgan fingerprint density at radius 3 is 2.88 bits per heavy atom. The number of rotatable bonds is 7. The van der Waals surface area contributed by atoms with Gasteiger partial charge in [-0.2, -0.15) is 0 Å². The molecule has 1 aliphatic heterocycles. The third kappa shape index (κ3) is 4.07. The molecular formula is C16H17N3O6. The molecule has 0 saturated carbocycles. The van der Waals surface area contributed by atoms with E-state index in [1.54, 1.807) is 18.2 Å². The molecule has 0 fully saturated rings. The van der Waals surface area contributed by atoms with E-state index in [-0.39, 0.29) is 37.5 Å². The van der Waals surface area contributed by atoms with Crippen LogP contribution in [-0.2, 0) is 9.53 Å². The van der Waals surface area contributed by atoms with Gasteiger partial charge in [0.15, 0.2) is 17.3 Å². The number of hydrogen-bond donors (Lipinski definition) is 1. The molecule has 25 heavy (non-hydrogen) atoms. The lowest BCUT2D eigenvalue weighted by Crippen LogP contribution is -2.40. The largest absolute Gasteiger partial charge is 0.454 e. The van der Waals surface area contributed by atoms with Crippen molar-refractivity contribution in [3.8, 4) is 11.5 Å². The fourth-order valence-corrected chi connectivity index (χ4v) is 2.30. The molecule has 0 atom stereocenters.